The van der Waals surface area contributed by atoms with Crippen LogP contribution in [0, 0.1) is 0 Å². The summed E-state index contributed by atoms with van der Waals surface area (Å²) in [6, 6.07) is 18.5. The summed E-state index contributed by atoms with van der Waals surface area (Å²) in [5, 5.41) is 4.33. The number of anilines is 1. The Labute approximate surface area is 152 Å². The third-order valence-corrected chi connectivity index (χ3v) is 3.73. The van der Waals surface area contributed by atoms with Crippen LogP contribution in [-0.2, 0) is 0 Å². The predicted octanol–water partition coefficient (Wildman–Crippen LogP) is 5.25. The number of amides is 1. The number of nitrogens with one attached hydrogen (secondary N) is 1. The van der Waals surface area contributed by atoms with Gasteiger partial charge >= 0.3 is 6.09 Å². The number of para-hydroxylation sites is 1. The SMILES string of the molecule is CCOc1cc(OC(=O)Nc2ccccc2)c2ccccc2c1OCC. The first-order valence-electron chi connectivity index (χ1n) is 8.58. The molecule has 0 aromatic heterocycles. The molecule has 0 aliphatic heterocycles. The van der Waals surface area contributed by atoms with Gasteiger partial charge in [0, 0.05) is 22.5 Å². The van der Waals surface area contributed by atoms with Gasteiger partial charge in [0.05, 0.1) is 13.2 Å². The fourth-order valence-corrected chi connectivity index (χ4v) is 2.70. The molecule has 0 heterocycles. The average Bonchev–Trinajstić information content (AvgIpc) is 2.65. The highest BCUT2D eigenvalue weighted by Crippen LogP contribution is 2.41. The standard InChI is InChI=1S/C21H21NO4/c1-3-24-19-14-18(26-21(23)22-15-10-6-5-7-11-15)16-12-8-9-13-17(16)20(19)25-4-2/h5-14H,3-4H2,1-2H3,(H,22,23). The van der Waals surface area contributed by atoms with E-state index in [1.54, 1.807) is 18.2 Å². The van der Waals surface area contributed by atoms with Crippen molar-refractivity contribution < 1.29 is 19.0 Å². The summed E-state index contributed by atoms with van der Waals surface area (Å²) in [5.41, 5.74) is 0.665. The first-order chi connectivity index (χ1) is 12.7. The second-order valence-electron chi connectivity index (χ2n) is 5.49. The number of ether oxygens (including phenoxy) is 3. The van der Waals surface area contributed by atoms with E-state index in [0.29, 0.717) is 36.1 Å². The summed E-state index contributed by atoms with van der Waals surface area (Å²) in [6.07, 6.45) is -0.562. The van der Waals surface area contributed by atoms with Crippen molar-refractivity contribution in [2.45, 2.75) is 13.8 Å². The van der Waals surface area contributed by atoms with E-state index in [9.17, 15) is 4.79 Å². The van der Waals surface area contributed by atoms with Crippen LogP contribution in [-0.4, -0.2) is 19.3 Å². The van der Waals surface area contributed by atoms with E-state index in [4.69, 9.17) is 14.2 Å². The average molecular weight is 351 g/mol. The number of hydrogen-bond acceptors (Lipinski definition) is 4. The highest BCUT2D eigenvalue weighted by atomic mass is 16.6. The Hall–Kier alpha value is -3.21. The lowest BCUT2D eigenvalue weighted by molar-refractivity contribution is 0.215. The van der Waals surface area contributed by atoms with Gasteiger partial charge in [0.1, 0.15) is 5.75 Å². The molecular weight excluding hydrogens is 330 g/mol. The minimum Gasteiger partial charge on any atom is -0.490 e. The molecule has 134 valence electrons. The van der Waals surface area contributed by atoms with Gasteiger partial charge < -0.3 is 14.2 Å². The highest BCUT2D eigenvalue weighted by Gasteiger charge is 2.17. The summed E-state index contributed by atoms with van der Waals surface area (Å²) < 4.78 is 17.0. The maximum atomic E-state index is 12.3. The fraction of sp³-hybridized carbons (Fsp3) is 0.190. The largest absolute Gasteiger partial charge is 0.490 e. The Balaban J connectivity index is 1.97. The first kappa shape index (κ1) is 17.6. The van der Waals surface area contributed by atoms with Crippen LogP contribution in [0.4, 0.5) is 10.5 Å². The highest BCUT2D eigenvalue weighted by molar-refractivity contribution is 5.98. The fourth-order valence-electron chi connectivity index (χ4n) is 2.70. The van der Waals surface area contributed by atoms with Crippen molar-refractivity contribution in [1.29, 1.82) is 0 Å². The van der Waals surface area contributed by atoms with E-state index in [0.717, 1.165) is 10.8 Å². The zero-order valence-electron chi connectivity index (χ0n) is 14.8. The van der Waals surface area contributed by atoms with Gasteiger partial charge in [0.15, 0.2) is 11.5 Å². The zero-order chi connectivity index (χ0) is 18.4. The lowest BCUT2D eigenvalue weighted by atomic mass is 10.1. The van der Waals surface area contributed by atoms with Gasteiger partial charge in [-0.15, -0.1) is 0 Å². The molecule has 1 amide bonds. The number of carbonyl (C=O) groups is 1. The third kappa shape index (κ3) is 3.88. The predicted molar refractivity (Wildman–Crippen MR) is 102 cm³/mol. The molecule has 0 spiro atoms. The van der Waals surface area contributed by atoms with Gasteiger partial charge in [-0.05, 0) is 26.0 Å². The molecule has 3 rings (SSSR count). The summed E-state index contributed by atoms with van der Waals surface area (Å²) in [4.78, 5) is 12.3. The molecule has 5 nitrogen and oxygen atoms in total. The normalized spacial score (nSPS) is 10.4. The maximum absolute atomic E-state index is 12.3. The molecule has 5 heteroatoms. The molecule has 0 bridgehead atoms. The molecule has 0 aliphatic carbocycles. The third-order valence-electron chi connectivity index (χ3n) is 3.73. The Morgan fingerprint density at radius 3 is 2.19 bits per heavy atom. The summed E-state index contributed by atoms with van der Waals surface area (Å²) in [5.74, 6) is 1.62. The topological polar surface area (TPSA) is 56.8 Å². The second-order valence-corrected chi connectivity index (χ2v) is 5.49. The number of fused-ring (bicyclic) bond motifs is 1. The van der Waals surface area contributed by atoms with Crippen molar-refractivity contribution in [3.8, 4) is 17.2 Å². The maximum Gasteiger partial charge on any atom is 0.417 e. The number of hydrogen-bond donors (Lipinski definition) is 1. The second kappa shape index (κ2) is 8.25. The molecule has 0 radical (unpaired) electrons. The molecule has 0 fully saturated rings. The van der Waals surface area contributed by atoms with E-state index in [-0.39, 0.29) is 0 Å². The molecule has 0 saturated carbocycles. The van der Waals surface area contributed by atoms with Gasteiger partial charge in [0.25, 0.3) is 0 Å². The van der Waals surface area contributed by atoms with Gasteiger partial charge in [-0.2, -0.15) is 0 Å². The lowest BCUT2D eigenvalue weighted by Gasteiger charge is -2.16. The monoisotopic (exact) mass is 351 g/mol. The lowest BCUT2D eigenvalue weighted by Crippen LogP contribution is -2.17. The van der Waals surface area contributed by atoms with Gasteiger partial charge in [0.2, 0.25) is 0 Å². The first-order valence-corrected chi connectivity index (χ1v) is 8.58. The van der Waals surface area contributed by atoms with Crippen LogP contribution in [0.15, 0.2) is 60.7 Å². The van der Waals surface area contributed by atoms with Crippen molar-refractivity contribution in [2.24, 2.45) is 0 Å². The van der Waals surface area contributed by atoms with Crippen LogP contribution in [0.1, 0.15) is 13.8 Å². The Kier molecular flexibility index (Phi) is 5.59. The van der Waals surface area contributed by atoms with E-state index < -0.39 is 6.09 Å². The van der Waals surface area contributed by atoms with Crippen molar-refractivity contribution in [3.63, 3.8) is 0 Å². The summed E-state index contributed by atoms with van der Waals surface area (Å²) in [7, 11) is 0. The zero-order valence-corrected chi connectivity index (χ0v) is 14.8. The Morgan fingerprint density at radius 1 is 0.846 bits per heavy atom. The molecular formula is C21H21NO4. The number of rotatable bonds is 6. The minimum absolute atomic E-state index is 0.418. The quantitative estimate of drug-likeness (QED) is 0.659. The molecule has 1 N–H and O–H groups in total. The Bertz CT molecular complexity index is 893. The van der Waals surface area contributed by atoms with Crippen molar-refractivity contribution in [2.75, 3.05) is 18.5 Å². The van der Waals surface area contributed by atoms with Crippen molar-refractivity contribution in [3.05, 3.63) is 60.7 Å². The van der Waals surface area contributed by atoms with Crippen LogP contribution in [0.5, 0.6) is 17.2 Å². The molecule has 26 heavy (non-hydrogen) atoms. The van der Waals surface area contributed by atoms with Gasteiger partial charge in [-0.25, -0.2) is 4.79 Å². The smallest absolute Gasteiger partial charge is 0.417 e. The van der Waals surface area contributed by atoms with Gasteiger partial charge in [-0.1, -0.05) is 42.5 Å². The van der Waals surface area contributed by atoms with Gasteiger partial charge in [-0.3, -0.25) is 5.32 Å². The van der Waals surface area contributed by atoms with E-state index in [1.165, 1.54) is 0 Å². The van der Waals surface area contributed by atoms with E-state index in [1.807, 2.05) is 56.3 Å². The minimum atomic E-state index is -0.562. The number of carbonyl (C=O) groups excluding carboxylic acids is 1. The van der Waals surface area contributed by atoms with E-state index in [2.05, 4.69) is 5.32 Å². The summed E-state index contributed by atoms with van der Waals surface area (Å²) in [6.45, 7) is 4.81. The molecule has 0 unspecified atom stereocenters. The molecule has 0 saturated heterocycles. The van der Waals surface area contributed by atoms with Crippen LogP contribution < -0.4 is 19.5 Å². The molecule has 0 atom stereocenters. The molecule has 3 aromatic rings. The van der Waals surface area contributed by atoms with Crippen LogP contribution >= 0.6 is 0 Å². The molecule has 0 aliphatic rings. The summed E-state index contributed by atoms with van der Waals surface area (Å²) >= 11 is 0. The Morgan fingerprint density at radius 2 is 1.50 bits per heavy atom. The van der Waals surface area contributed by atoms with Crippen LogP contribution in [0.2, 0.25) is 0 Å². The van der Waals surface area contributed by atoms with Crippen LogP contribution in [0.3, 0.4) is 0 Å². The molecule has 3 aromatic carbocycles. The van der Waals surface area contributed by atoms with Crippen molar-refractivity contribution in [1.82, 2.24) is 0 Å². The van der Waals surface area contributed by atoms with Crippen LogP contribution in [0.25, 0.3) is 10.8 Å². The van der Waals surface area contributed by atoms with Crippen molar-refractivity contribution >= 4 is 22.6 Å². The van der Waals surface area contributed by atoms with E-state index >= 15 is 0 Å². The number of benzene rings is 3.